The van der Waals surface area contributed by atoms with E-state index in [1.165, 1.54) is 60.2 Å². The van der Waals surface area contributed by atoms with E-state index >= 15 is 0 Å². The normalized spacial score (nSPS) is 21.8. The molecule has 23 heteroatoms. The monoisotopic (exact) mass is 1070 g/mol. The Labute approximate surface area is 422 Å². The number of anilines is 1. The molecule has 7 atom stereocenters. The smallest absolute Gasteiger partial charge is 0.459 e. The first-order valence-electron chi connectivity index (χ1n) is 23.0. The van der Waals surface area contributed by atoms with Crippen LogP contribution < -0.4 is 20.6 Å². The highest BCUT2D eigenvalue weighted by molar-refractivity contribution is 7.99. The number of hydrogen-bond acceptors (Lipinski definition) is 12. The molecule has 1 amide bonds. The molecule has 3 aromatic carbocycles. The highest BCUT2D eigenvalue weighted by Gasteiger charge is 2.60. The van der Waals surface area contributed by atoms with Crippen LogP contribution in [0.5, 0.6) is 5.75 Å². The van der Waals surface area contributed by atoms with Crippen LogP contribution in [0, 0.1) is 10.8 Å². The van der Waals surface area contributed by atoms with Gasteiger partial charge in [-0.05, 0) is 105 Å². The zero-order chi connectivity index (χ0) is 52.7. The first-order valence-corrected chi connectivity index (χ1v) is 26.8. The van der Waals surface area contributed by atoms with E-state index in [2.05, 4.69) is 15.4 Å². The number of para-hydroxylation sites is 1. The van der Waals surface area contributed by atoms with Crippen molar-refractivity contribution in [2.75, 3.05) is 24.3 Å². The van der Waals surface area contributed by atoms with Crippen LogP contribution in [0.4, 0.5) is 32.2 Å². The molecule has 3 heterocycles. The number of nitrogens with zero attached hydrogens (tertiary/aromatic N) is 2. The van der Waals surface area contributed by atoms with Gasteiger partial charge in [0.15, 0.2) is 5.79 Å². The summed E-state index contributed by atoms with van der Waals surface area (Å²) in [6, 6.07) is 18.2. The average Bonchev–Trinajstić information content (AvgIpc) is 3.57. The van der Waals surface area contributed by atoms with Crippen molar-refractivity contribution in [3.63, 3.8) is 0 Å². The minimum atomic E-state index is -4.46. The Morgan fingerprint density at radius 3 is 2.11 bits per heavy atom. The lowest BCUT2D eigenvalue weighted by atomic mass is 9.81. The number of amides is 1. The molecule has 0 bridgehead atoms. The molecule has 1 aromatic heterocycles. The molecule has 6 rings (SSSR count). The molecule has 394 valence electrons. The lowest BCUT2D eigenvalue weighted by Crippen LogP contribution is -2.55. The third kappa shape index (κ3) is 15.8. The maximum Gasteiger partial charge on any atom is 0.459 e. The molecule has 2 aliphatic heterocycles. The molecule has 0 saturated carbocycles. The van der Waals surface area contributed by atoms with Crippen molar-refractivity contribution in [2.45, 2.75) is 127 Å². The van der Waals surface area contributed by atoms with Gasteiger partial charge >= 0.3 is 31.8 Å². The summed E-state index contributed by atoms with van der Waals surface area (Å²) in [5, 5.41) is 14.8. The van der Waals surface area contributed by atoms with E-state index in [1.807, 2.05) is 13.8 Å². The van der Waals surface area contributed by atoms with Crippen LogP contribution in [0.3, 0.4) is 0 Å². The van der Waals surface area contributed by atoms with E-state index in [1.54, 1.807) is 62.5 Å². The molecule has 0 aliphatic carbocycles. The van der Waals surface area contributed by atoms with Crippen molar-refractivity contribution in [3.8, 4) is 5.75 Å². The first kappa shape index (κ1) is 56.9. The Morgan fingerprint density at radius 1 is 0.917 bits per heavy atom. The Bertz CT molecular complexity index is 2570. The predicted octanol–water partition coefficient (Wildman–Crippen LogP) is 11.4. The lowest BCUT2D eigenvalue weighted by molar-refractivity contribution is -0.314. The van der Waals surface area contributed by atoms with Crippen molar-refractivity contribution < 1.29 is 68.9 Å². The number of carboxylic acids is 1. The average molecular weight is 1070 g/mol. The summed E-state index contributed by atoms with van der Waals surface area (Å²) in [4.78, 5) is 43.2. The van der Waals surface area contributed by atoms with Gasteiger partial charge in [-0.3, -0.25) is 18.7 Å². The van der Waals surface area contributed by atoms with Crippen molar-refractivity contribution in [1.82, 2.24) is 14.6 Å². The summed E-state index contributed by atoms with van der Waals surface area (Å²) in [6.45, 7) is 9.94. The molecular formula is C49H59F6N4O10PS2. The number of alkyl halides is 6. The van der Waals surface area contributed by atoms with Gasteiger partial charge < -0.3 is 29.2 Å². The molecule has 0 radical (unpaired) electrons. The van der Waals surface area contributed by atoms with Gasteiger partial charge in [-0.25, -0.2) is 9.36 Å². The second-order valence-corrected chi connectivity index (χ2v) is 23.3. The van der Waals surface area contributed by atoms with E-state index < -0.39 is 96.5 Å². The number of fused-ring (bicyclic) bond motifs is 1. The Morgan fingerprint density at radius 2 is 1.53 bits per heavy atom. The Balaban J connectivity index is 1.08. The fraction of sp³-hybridized carbons (Fsp3) is 0.510. The van der Waals surface area contributed by atoms with E-state index in [4.69, 9.17) is 23.3 Å². The molecule has 2 unspecified atom stereocenters. The second-order valence-electron chi connectivity index (χ2n) is 19.2. The molecule has 2 aliphatic rings. The molecule has 2 fully saturated rings. The number of aliphatic carboxylic acids is 1. The van der Waals surface area contributed by atoms with Crippen molar-refractivity contribution in [1.29, 1.82) is 0 Å². The number of nitrogens with one attached hydrogen (secondary N) is 2. The number of aromatic nitrogens is 2. The zero-order valence-corrected chi connectivity index (χ0v) is 43.0. The number of ether oxygens (including phenoxy) is 3. The molecule has 0 spiro atoms. The minimum Gasteiger partial charge on any atom is -0.480 e. The third-order valence-electron chi connectivity index (χ3n) is 12.1. The fourth-order valence-electron chi connectivity index (χ4n) is 8.11. The summed E-state index contributed by atoms with van der Waals surface area (Å²) < 4.78 is 124. The number of carboxylic acid groups (broad SMARTS) is 1. The second kappa shape index (κ2) is 23.4. The predicted molar refractivity (Wildman–Crippen MR) is 261 cm³/mol. The maximum absolute atomic E-state index is 14.0. The van der Waals surface area contributed by atoms with Gasteiger partial charge in [0, 0.05) is 29.4 Å². The lowest BCUT2D eigenvalue weighted by Gasteiger charge is -2.45. The van der Waals surface area contributed by atoms with Crippen LogP contribution in [-0.4, -0.2) is 74.8 Å². The van der Waals surface area contributed by atoms with Crippen molar-refractivity contribution in [2.24, 2.45) is 10.8 Å². The van der Waals surface area contributed by atoms with Gasteiger partial charge in [0.05, 0.1) is 29.8 Å². The molecule has 14 nitrogen and oxygen atoms in total. The summed E-state index contributed by atoms with van der Waals surface area (Å²) in [5.74, 6) is -1.06. The standard InChI is InChI=1S/C49H59F6N4O10PS2/c1-31(42(61)62)58-70(64,69-36-10-8-7-9-11-36)66-27-38-41-47(6,30-65-46(4,5)68-41)43(67-38)59-24-21-39(57-44(59)63)56-40(60)26-45(2,3)23-20-37(72-29-33-14-18-35(19-15-33)49(53,54)55)22-25-71-28-32-12-16-34(17-13-32)48(50,51)52/h7-19,21,24,31,37-38,41,43H,20,22-23,25-30H2,1-6H3,(H,58,64)(H,61,62)(H,56,57,60,63)/t31-,37?,38+,41+,43+,47+,70?/m0/s1. The number of halogens is 6. The number of carbonyl (C=O) groups is 2. The summed E-state index contributed by atoms with van der Waals surface area (Å²) in [6.07, 6.45) is -8.36. The third-order valence-corrected chi connectivity index (χ3v) is 16.3. The van der Waals surface area contributed by atoms with Gasteiger partial charge in [-0.15, -0.1) is 0 Å². The SMILES string of the molecule is C[C@H](NP(=O)(OC[C@H]1O[C@@H](n2ccc(NC(=O)CC(C)(C)CCC(CCSCc3ccc(C(F)(F)F)cc3)SCc3ccc(C(F)(F)F)cc3)nc2=O)[C@]2(C)COC(C)(C)O[C@H]12)Oc1ccccc1)C(=O)O. The minimum absolute atomic E-state index is 0.0124. The number of hydrogen-bond donors (Lipinski definition) is 3. The maximum atomic E-state index is 14.0. The molecule has 72 heavy (non-hydrogen) atoms. The van der Waals surface area contributed by atoms with Gasteiger partial charge in [0.1, 0.15) is 36.0 Å². The molecular weight excluding hydrogens is 1010 g/mol. The van der Waals surface area contributed by atoms with E-state index in [-0.39, 0.29) is 29.8 Å². The molecule has 2 saturated heterocycles. The number of benzene rings is 3. The summed E-state index contributed by atoms with van der Waals surface area (Å²) >= 11 is 3.15. The van der Waals surface area contributed by atoms with Crippen LogP contribution in [0.25, 0.3) is 0 Å². The van der Waals surface area contributed by atoms with Crippen LogP contribution >= 0.6 is 31.3 Å². The topological polar surface area (TPSA) is 177 Å². The highest BCUT2D eigenvalue weighted by Crippen LogP contribution is 2.53. The quantitative estimate of drug-likeness (QED) is 0.0363. The van der Waals surface area contributed by atoms with Gasteiger partial charge in [0.25, 0.3) is 0 Å². The van der Waals surface area contributed by atoms with Crippen LogP contribution in [0.2, 0.25) is 0 Å². The summed E-state index contributed by atoms with van der Waals surface area (Å²) in [5.41, 5.74) is -2.38. The number of thioether (sulfide) groups is 2. The fourth-order valence-corrected chi connectivity index (χ4v) is 12.0. The van der Waals surface area contributed by atoms with Gasteiger partial charge in [-0.2, -0.15) is 59.9 Å². The van der Waals surface area contributed by atoms with Crippen molar-refractivity contribution >= 4 is 49.0 Å². The molecule has 3 N–H and O–H groups in total. The van der Waals surface area contributed by atoms with Crippen LogP contribution in [0.15, 0.2) is 95.9 Å². The van der Waals surface area contributed by atoms with Gasteiger partial charge in [0.2, 0.25) is 5.91 Å². The zero-order valence-electron chi connectivity index (χ0n) is 40.5. The summed E-state index contributed by atoms with van der Waals surface area (Å²) in [7, 11) is -4.37. The highest BCUT2D eigenvalue weighted by atomic mass is 32.2. The largest absolute Gasteiger partial charge is 0.480 e. The number of carbonyl (C=O) groups excluding carboxylic acids is 1. The van der Waals surface area contributed by atoms with Crippen molar-refractivity contribution in [3.05, 3.63) is 124 Å². The van der Waals surface area contributed by atoms with E-state index in [9.17, 15) is 50.4 Å². The van der Waals surface area contributed by atoms with Gasteiger partial charge in [-0.1, -0.05) is 63.2 Å². The Hall–Kier alpha value is -4.41. The van der Waals surface area contributed by atoms with Crippen LogP contribution in [-0.2, 0) is 56.7 Å². The van der Waals surface area contributed by atoms with E-state index in [0.717, 1.165) is 29.8 Å². The van der Waals surface area contributed by atoms with E-state index in [0.29, 0.717) is 42.1 Å². The first-order chi connectivity index (χ1) is 33.6. The van der Waals surface area contributed by atoms with Crippen LogP contribution in [0.1, 0.15) is 95.7 Å². The Kier molecular flexibility index (Phi) is 18.5. The number of rotatable bonds is 23. The molecule has 4 aromatic rings.